The topological polar surface area (TPSA) is 226 Å². The normalized spacial score (nSPS) is 17.7. The van der Waals surface area contributed by atoms with Crippen LogP contribution in [-0.2, 0) is 32.2 Å². The second kappa shape index (κ2) is 25.9. The Balaban J connectivity index is 0.717. The number of amides is 5. The summed E-state index contributed by atoms with van der Waals surface area (Å²) < 4.78 is 39.9. The number of nitriles is 1. The van der Waals surface area contributed by atoms with Crippen molar-refractivity contribution in [1.29, 1.82) is 5.26 Å². The van der Waals surface area contributed by atoms with E-state index in [1.165, 1.54) is 23.1 Å². The molecule has 20 nitrogen and oxygen atoms in total. The third-order valence-electron chi connectivity index (χ3n) is 15.5. The summed E-state index contributed by atoms with van der Waals surface area (Å²) in [6.07, 6.45) is 2.93. The number of halogens is 2. The molecule has 2 fully saturated rings. The number of benzene rings is 4. The molecule has 4 aromatic carbocycles. The summed E-state index contributed by atoms with van der Waals surface area (Å²) >= 11 is 6.40. The zero-order valence-electron chi connectivity index (χ0n) is 47.7. The number of nitrogen functional groups attached to an aromatic ring is 1. The number of ether oxygens (including phenoxy) is 4. The van der Waals surface area contributed by atoms with E-state index in [1.54, 1.807) is 57.9 Å². The Morgan fingerprint density at radius 2 is 1.65 bits per heavy atom. The molecule has 0 aliphatic carbocycles. The fraction of sp³-hybridized carbons (Fsp3) is 0.387. The van der Waals surface area contributed by atoms with Gasteiger partial charge in [-0.3, -0.25) is 29.0 Å². The van der Waals surface area contributed by atoms with E-state index in [2.05, 4.69) is 21.5 Å². The van der Waals surface area contributed by atoms with Crippen LogP contribution in [0.1, 0.15) is 101 Å². The van der Waals surface area contributed by atoms with Crippen molar-refractivity contribution >= 4 is 52.7 Å². The first-order valence-corrected chi connectivity index (χ1v) is 28.6. The number of carbonyl (C=O) groups excluding carboxylic acids is 4. The molecule has 2 saturated heterocycles. The van der Waals surface area contributed by atoms with Crippen LogP contribution in [-0.4, -0.2) is 150 Å². The molecule has 3 N–H and O–H groups in total. The molecule has 2 aromatic heterocycles. The van der Waals surface area contributed by atoms with Crippen molar-refractivity contribution < 1.29 is 42.5 Å². The van der Waals surface area contributed by atoms with Gasteiger partial charge in [-0.05, 0) is 98.8 Å². The summed E-state index contributed by atoms with van der Waals surface area (Å²) in [7, 11) is 3.23. The highest BCUT2D eigenvalue weighted by atomic mass is 35.5. The summed E-state index contributed by atoms with van der Waals surface area (Å²) in [5.41, 5.74) is 13.2. The molecule has 438 valence electrons. The number of nitrogens with one attached hydrogen (secondary N) is 1. The first kappa shape index (κ1) is 58.6. The highest BCUT2D eigenvalue weighted by Gasteiger charge is 2.46. The number of piperazine rings is 1. The van der Waals surface area contributed by atoms with Gasteiger partial charge in [-0.15, -0.1) is 0 Å². The highest BCUT2D eigenvalue weighted by Crippen LogP contribution is 2.47. The largest absolute Gasteiger partial charge is 0.497 e. The van der Waals surface area contributed by atoms with Crippen LogP contribution < -0.4 is 25.4 Å². The Hall–Kier alpha value is -8.58. The van der Waals surface area contributed by atoms with Crippen LogP contribution in [0.4, 0.5) is 20.7 Å². The van der Waals surface area contributed by atoms with E-state index in [1.807, 2.05) is 80.3 Å². The number of methoxy groups -OCH3 is 1. The molecule has 10 rings (SSSR count). The number of anilines is 2. The van der Waals surface area contributed by atoms with Crippen molar-refractivity contribution in [2.24, 2.45) is 4.99 Å². The highest BCUT2D eigenvalue weighted by molar-refractivity contribution is 6.30. The average Bonchev–Trinajstić information content (AvgIpc) is 4.09. The molecule has 84 heavy (non-hydrogen) atoms. The summed E-state index contributed by atoms with van der Waals surface area (Å²) in [6, 6.07) is 27.5. The van der Waals surface area contributed by atoms with Crippen molar-refractivity contribution in [1.82, 2.24) is 39.7 Å². The molecule has 4 aliphatic rings. The molecule has 2 bridgehead atoms. The molecule has 0 unspecified atom stereocenters. The summed E-state index contributed by atoms with van der Waals surface area (Å²) in [5.74, 6) is 0.501. The molecule has 6 heterocycles. The predicted octanol–water partition coefficient (Wildman–Crippen LogP) is 8.27. The molecule has 6 aromatic rings. The Kier molecular flexibility index (Phi) is 18.1. The van der Waals surface area contributed by atoms with E-state index in [4.69, 9.17) is 41.3 Å². The molecule has 5 amide bonds. The van der Waals surface area contributed by atoms with Gasteiger partial charge in [0.1, 0.15) is 47.6 Å². The Morgan fingerprint density at radius 3 is 2.39 bits per heavy atom. The number of hydrogen-bond donors (Lipinski definition) is 2. The second-order valence-electron chi connectivity index (χ2n) is 21.5. The van der Waals surface area contributed by atoms with Crippen LogP contribution in [0.15, 0.2) is 102 Å². The van der Waals surface area contributed by atoms with Gasteiger partial charge in [-0.1, -0.05) is 53.6 Å². The minimum Gasteiger partial charge on any atom is -0.497 e. The average molecular weight is 1160 g/mol. The quantitative estimate of drug-likeness (QED) is 0.0774. The van der Waals surface area contributed by atoms with Gasteiger partial charge >= 0.3 is 6.03 Å². The van der Waals surface area contributed by atoms with Gasteiger partial charge in [-0.25, -0.2) is 14.2 Å². The maximum atomic E-state index is 15.1. The summed E-state index contributed by atoms with van der Waals surface area (Å²) in [4.78, 5) is 74.5. The summed E-state index contributed by atoms with van der Waals surface area (Å²) in [5, 5.41) is 18.4. The zero-order chi connectivity index (χ0) is 59.2. The van der Waals surface area contributed by atoms with E-state index < -0.39 is 17.9 Å². The van der Waals surface area contributed by atoms with Gasteiger partial charge in [0, 0.05) is 80.2 Å². The number of aliphatic imine (C=N–C) groups is 1. The first-order chi connectivity index (χ1) is 40.6. The van der Waals surface area contributed by atoms with Crippen molar-refractivity contribution in [2.45, 2.75) is 77.4 Å². The molecule has 0 spiro atoms. The van der Waals surface area contributed by atoms with Crippen molar-refractivity contribution in [3.8, 4) is 28.7 Å². The van der Waals surface area contributed by atoms with Gasteiger partial charge in [0.25, 0.3) is 5.91 Å². The smallest absolute Gasteiger partial charge is 0.326 e. The maximum absolute atomic E-state index is 15.1. The standard InChI is InChI=1S/C62H68ClFN12O8/c1-38(2)84-53-33-45(81-5)17-19-47(53)60-69-57(40-10-8-39(3)9-11-40)58(41-12-14-43(63)15-13-41)76(60)62(80)73-25-24-72(55(78)37-73)26-28-83-30-29-82-27-20-54(77)67-21-23-75-52-36-71(4)61(79)46-18-16-44(64)32-48(46)50-7-6-22-74(50)51-31-42(35-68-59(51)66)56(52)49(34-65)70-75/h8-19,31-33,35,38,50,57-58H,6-7,20-30,36-37H2,1-5H3,(H2,66,68)(H,67,77)/t50-,57+,58-/m1/s1. The lowest BCUT2D eigenvalue weighted by Gasteiger charge is -2.38. The third-order valence-corrected chi connectivity index (χ3v) is 15.8. The van der Waals surface area contributed by atoms with Crippen molar-refractivity contribution in [2.75, 3.05) is 90.5 Å². The Morgan fingerprint density at radius 1 is 0.905 bits per heavy atom. The number of nitrogens with two attached hydrogens (primary N) is 1. The summed E-state index contributed by atoms with van der Waals surface area (Å²) in [6.45, 7) is 8.36. The number of hydrogen-bond acceptors (Lipinski definition) is 14. The number of nitrogens with zero attached hydrogens (tertiary/aromatic N) is 10. The van der Waals surface area contributed by atoms with Crippen LogP contribution in [0.5, 0.6) is 11.5 Å². The van der Waals surface area contributed by atoms with Crippen LogP contribution in [0, 0.1) is 24.1 Å². The number of aromatic nitrogens is 3. The van der Waals surface area contributed by atoms with Crippen LogP contribution in [0.2, 0.25) is 5.02 Å². The Bertz CT molecular complexity index is 3500. The molecule has 3 atom stereocenters. The third kappa shape index (κ3) is 12.7. The number of urea groups is 1. The Labute approximate surface area is 492 Å². The van der Waals surface area contributed by atoms with Gasteiger partial charge in [0.2, 0.25) is 11.8 Å². The fourth-order valence-corrected chi connectivity index (χ4v) is 11.5. The van der Waals surface area contributed by atoms with Crippen LogP contribution in [0.25, 0.3) is 11.1 Å². The zero-order valence-corrected chi connectivity index (χ0v) is 48.5. The lowest BCUT2D eigenvalue weighted by Crippen LogP contribution is -2.56. The van der Waals surface area contributed by atoms with Crippen molar-refractivity contribution in [3.05, 3.63) is 153 Å². The number of pyridine rings is 1. The van der Waals surface area contributed by atoms with Crippen molar-refractivity contribution in [3.63, 3.8) is 0 Å². The van der Waals surface area contributed by atoms with E-state index in [9.17, 15) is 24.0 Å². The molecule has 22 heteroatoms. The lowest BCUT2D eigenvalue weighted by molar-refractivity contribution is -0.135. The number of fused-ring (bicyclic) bond motifs is 8. The van der Waals surface area contributed by atoms with E-state index in [0.29, 0.717) is 81.1 Å². The maximum Gasteiger partial charge on any atom is 0.326 e. The minimum atomic E-state index is -0.598. The van der Waals surface area contributed by atoms with Gasteiger partial charge < -0.3 is 49.6 Å². The molecule has 0 radical (unpaired) electrons. The molecule has 4 aliphatic heterocycles. The molecular formula is C62H68ClFN12O8. The monoisotopic (exact) mass is 1160 g/mol. The number of rotatable bonds is 18. The van der Waals surface area contributed by atoms with E-state index >= 15 is 4.79 Å². The predicted molar refractivity (Wildman–Crippen MR) is 314 cm³/mol. The molecular weight excluding hydrogens is 1100 g/mol. The number of aryl methyl sites for hydroxylation is 1. The van der Waals surface area contributed by atoms with Crippen LogP contribution >= 0.6 is 11.6 Å². The van der Waals surface area contributed by atoms with Crippen LogP contribution in [0.3, 0.4) is 0 Å². The first-order valence-electron chi connectivity index (χ1n) is 28.2. The number of amidine groups is 1. The van der Waals surface area contributed by atoms with Gasteiger partial charge in [-0.2, -0.15) is 10.4 Å². The minimum absolute atomic E-state index is 0.0486. The lowest BCUT2D eigenvalue weighted by atomic mass is 9.93. The molecule has 0 saturated carbocycles. The van der Waals surface area contributed by atoms with Gasteiger partial charge in [0.05, 0.1) is 81.8 Å². The SMILES string of the molecule is COc1ccc(C2=N[C@@H](c3ccc(C)cc3)[C@@H](c3ccc(Cl)cc3)N2C(=O)N2CCN(CCOCCOCCC(=O)NCCn3nc(C#N)c4c3CN(C)C(=O)c3ccc(F)cc3[C@H]3CCCN3c3cc-4cnc3N)C(=O)C2)c(OC(C)C)c1. The fourth-order valence-electron chi connectivity index (χ4n) is 11.4. The second-order valence-corrected chi connectivity index (χ2v) is 21.9. The van der Waals surface area contributed by atoms with Gasteiger partial charge in [0.15, 0.2) is 5.69 Å². The van der Waals surface area contributed by atoms with E-state index in [0.717, 1.165) is 23.1 Å². The van der Waals surface area contributed by atoms with E-state index in [-0.39, 0.29) is 120 Å². The number of carbonyl (C=O) groups is 4.